The van der Waals surface area contributed by atoms with E-state index in [1.165, 1.54) is 25.7 Å². The number of carbonyl (C=O) groups excluding carboxylic acids is 1. The van der Waals surface area contributed by atoms with Gasteiger partial charge in [-0.25, -0.2) is 0 Å². The van der Waals surface area contributed by atoms with Gasteiger partial charge in [-0.15, -0.1) is 11.8 Å². The molecule has 1 saturated carbocycles. The number of thioether (sulfide) groups is 1. The van der Waals surface area contributed by atoms with Crippen LogP contribution in [0.1, 0.15) is 43.0 Å². The summed E-state index contributed by atoms with van der Waals surface area (Å²) in [4.78, 5) is 14.9. The van der Waals surface area contributed by atoms with Crippen molar-refractivity contribution in [1.82, 2.24) is 4.90 Å². The number of carbonyl (C=O) groups is 1. The van der Waals surface area contributed by atoms with Gasteiger partial charge in [-0.2, -0.15) is 0 Å². The lowest BCUT2D eigenvalue weighted by atomic mass is 9.91. The van der Waals surface area contributed by atoms with Crippen LogP contribution in [0, 0.1) is 5.92 Å². The smallest absolute Gasteiger partial charge is 0.254 e. The van der Waals surface area contributed by atoms with Crippen LogP contribution in [0.25, 0.3) is 0 Å². The third kappa shape index (κ3) is 3.69. The van der Waals surface area contributed by atoms with Crippen LogP contribution in [0.15, 0.2) is 23.1 Å². The van der Waals surface area contributed by atoms with E-state index in [0.717, 1.165) is 22.1 Å². The molecular weight excluding hydrogens is 268 g/mol. The Balaban J connectivity index is 2.21. The van der Waals surface area contributed by atoms with E-state index in [0.29, 0.717) is 5.25 Å². The van der Waals surface area contributed by atoms with Crippen LogP contribution in [0.2, 0.25) is 0 Å². The van der Waals surface area contributed by atoms with Gasteiger partial charge in [-0.3, -0.25) is 4.79 Å². The predicted octanol–water partition coefficient (Wildman–Crippen LogP) is 3.64. The molecule has 1 amide bonds. The number of nitrogens with zero attached hydrogens (tertiary/aromatic N) is 1. The lowest BCUT2D eigenvalue weighted by molar-refractivity contribution is 0.0824. The van der Waals surface area contributed by atoms with E-state index in [1.54, 1.807) is 19.0 Å². The molecule has 2 unspecified atom stereocenters. The van der Waals surface area contributed by atoms with E-state index in [2.05, 4.69) is 6.92 Å². The molecule has 1 aliphatic rings. The summed E-state index contributed by atoms with van der Waals surface area (Å²) >= 11 is 1.83. The van der Waals surface area contributed by atoms with Crippen molar-refractivity contribution in [3.8, 4) is 0 Å². The highest BCUT2D eigenvalue weighted by Crippen LogP contribution is 2.38. The molecule has 20 heavy (non-hydrogen) atoms. The molecule has 0 bridgehead atoms. The van der Waals surface area contributed by atoms with Gasteiger partial charge >= 0.3 is 0 Å². The maximum Gasteiger partial charge on any atom is 0.254 e. The summed E-state index contributed by atoms with van der Waals surface area (Å²) in [6.45, 7) is 2.32. The van der Waals surface area contributed by atoms with Gasteiger partial charge in [0.25, 0.3) is 5.91 Å². The van der Waals surface area contributed by atoms with Crippen LogP contribution >= 0.6 is 11.8 Å². The van der Waals surface area contributed by atoms with Gasteiger partial charge in [-0.05, 0) is 37.0 Å². The summed E-state index contributed by atoms with van der Waals surface area (Å²) in [6.07, 6.45) is 5.09. The highest BCUT2D eigenvalue weighted by atomic mass is 32.2. The number of amides is 1. The summed E-state index contributed by atoms with van der Waals surface area (Å²) in [5.41, 5.74) is 7.40. The van der Waals surface area contributed by atoms with E-state index >= 15 is 0 Å². The van der Waals surface area contributed by atoms with E-state index in [1.807, 2.05) is 30.0 Å². The van der Waals surface area contributed by atoms with Crippen LogP contribution in [-0.2, 0) is 0 Å². The minimum atomic E-state index is 0.0522. The Morgan fingerprint density at radius 3 is 2.75 bits per heavy atom. The first-order chi connectivity index (χ1) is 9.47. The molecule has 1 aromatic carbocycles. The van der Waals surface area contributed by atoms with Gasteiger partial charge in [-0.1, -0.05) is 19.8 Å². The van der Waals surface area contributed by atoms with Crippen molar-refractivity contribution >= 4 is 23.4 Å². The summed E-state index contributed by atoms with van der Waals surface area (Å²) in [6, 6.07) is 5.61. The second kappa shape index (κ2) is 6.53. The number of benzene rings is 1. The zero-order chi connectivity index (χ0) is 14.7. The summed E-state index contributed by atoms with van der Waals surface area (Å²) in [5, 5.41) is 0.606. The summed E-state index contributed by atoms with van der Waals surface area (Å²) in [7, 11) is 3.58. The molecule has 1 fully saturated rings. The average molecular weight is 292 g/mol. The monoisotopic (exact) mass is 292 g/mol. The minimum absolute atomic E-state index is 0.0522. The van der Waals surface area contributed by atoms with Gasteiger partial charge in [0.05, 0.1) is 5.56 Å². The van der Waals surface area contributed by atoms with Crippen LogP contribution in [0.5, 0.6) is 0 Å². The second-order valence-electron chi connectivity index (χ2n) is 5.97. The minimum Gasteiger partial charge on any atom is -0.399 e. The van der Waals surface area contributed by atoms with Crippen LogP contribution in [0.3, 0.4) is 0 Å². The Bertz CT molecular complexity index is 487. The highest BCUT2D eigenvalue weighted by molar-refractivity contribution is 8.00. The van der Waals surface area contributed by atoms with E-state index in [4.69, 9.17) is 5.73 Å². The molecule has 1 aromatic rings. The molecular formula is C16H24N2OS. The normalized spacial score (nSPS) is 22.6. The number of nitrogens with two attached hydrogens (primary N) is 1. The van der Waals surface area contributed by atoms with Gasteiger partial charge in [0, 0.05) is 29.9 Å². The van der Waals surface area contributed by atoms with Crippen molar-refractivity contribution in [2.45, 2.75) is 42.8 Å². The van der Waals surface area contributed by atoms with Crippen LogP contribution in [0.4, 0.5) is 5.69 Å². The second-order valence-corrected chi connectivity index (χ2v) is 7.31. The average Bonchev–Trinajstić information content (AvgIpc) is 2.38. The molecule has 0 heterocycles. The number of rotatable bonds is 3. The molecule has 0 saturated heterocycles. The van der Waals surface area contributed by atoms with Crippen molar-refractivity contribution in [2.24, 2.45) is 5.92 Å². The molecule has 2 N–H and O–H groups in total. The lowest BCUT2D eigenvalue weighted by Crippen LogP contribution is -2.23. The first kappa shape index (κ1) is 15.2. The predicted molar refractivity (Wildman–Crippen MR) is 86.1 cm³/mol. The maximum atomic E-state index is 12.3. The molecule has 3 nitrogen and oxygen atoms in total. The molecule has 0 spiro atoms. The quantitative estimate of drug-likeness (QED) is 0.865. The molecule has 0 aliphatic heterocycles. The molecule has 4 heteroatoms. The highest BCUT2D eigenvalue weighted by Gasteiger charge is 2.22. The van der Waals surface area contributed by atoms with Crippen molar-refractivity contribution in [3.05, 3.63) is 23.8 Å². The molecule has 110 valence electrons. The zero-order valence-corrected chi connectivity index (χ0v) is 13.4. The first-order valence-corrected chi connectivity index (χ1v) is 8.13. The Morgan fingerprint density at radius 1 is 1.35 bits per heavy atom. The van der Waals surface area contributed by atoms with Crippen molar-refractivity contribution in [3.63, 3.8) is 0 Å². The van der Waals surface area contributed by atoms with Gasteiger partial charge in [0.2, 0.25) is 0 Å². The Morgan fingerprint density at radius 2 is 2.10 bits per heavy atom. The maximum absolute atomic E-state index is 12.3. The summed E-state index contributed by atoms with van der Waals surface area (Å²) in [5.74, 6) is 0.840. The van der Waals surface area contributed by atoms with E-state index in [9.17, 15) is 4.79 Å². The molecule has 0 aromatic heterocycles. The number of anilines is 1. The van der Waals surface area contributed by atoms with E-state index < -0.39 is 0 Å². The largest absolute Gasteiger partial charge is 0.399 e. The van der Waals surface area contributed by atoms with Crippen molar-refractivity contribution in [2.75, 3.05) is 19.8 Å². The van der Waals surface area contributed by atoms with Gasteiger partial charge in [0.15, 0.2) is 0 Å². The Hall–Kier alpha value is -1.16. The van der Waals surface area contributed by atoms with Gasteiger partial charge in [0.1, 0.15) is 0 Å². The lowest BCUT2D eigenvalue weighted by Gasteiger charge is -2.27. The first-order valence-electron chi connectivity index (χ1n) is 7.25. The third-order valence-electron chi connectivity index (χ3n) is 3.82. The van der Waals surface area contributed by atoms with Crippen molar-refractivity contribution < 1.29 is 4.79 Å². The van der Waals surface area contributed by atoms with E-state index in [-0.39, 0.29) is 5.91 Å². The third-order valence-corrected chi connectivity index (χ3v) is 5.18. The molecule has 2 rings (SSSR count). The summed E-state index contributed by atoms with van der Waals surface area (Å²) < 4.78 is 0. The fourth-order valence-electron chi connectivity index (χ4n) is 2.72. The molecule has 1 aliphatic carbocycles. The number of hydrogen-bond acceptors (Lipinski definition) is 3. The molecule has 2 atom stereocenters. The Kier molecular flexibility index (Phi) is 4.97. The fourth-order valence-corrected chi connectivity index (χ4v) is 4.27. The van der Waals surface area contributed by atoms with Crippen LogP contribution in [-0.4, -0.2) is 30.2 Å². The number of nitrogen functional groups attached to an aromatic ring is 1. The SMILES string of the molecule is CC1CCCC(Sc2cc(N)ccc2C(=O)N(C)C)C1. The zero-order valence-electron chi connectivity index (χ0n) is 12.6. The standard InChI is InChI=1S/C16H24N2OS/c1-11-5-4-6-13(9-11)20-15-10-12(17)7-8-14(15)16(19)18(2)3/h7-8,10-11,13H,4-6,9,17H2,1-3H3. The Labute approximate surface area is 125 Å². The fraction of sp³-hybridized carbons (Fsp3) is 0.562. The van der Waals surface area contributed by atoms with Crippen molar-refractivity contribution in [1.29, 1.82) is 0 Å². The van der Waals surface area contributed by atoms with Gasteiger partial charge < -0.3 is 10.6 Å². The van der Waals surface area contributed by atoms with Crippen LogP contribution < -0.4 is 5.73 Å². The topological polar surface area (TPSA) is 46.3 Å². The molecule has 0 radical (unpaired) electrons. The number of hydrogen-bond donors (Lipinski definition) is 1.